The van der Waals surface area contributed by atoms with Crippen LogP contribution in [0.15, 0.2) is 5.16 Å². The first kappa shape index (κ1) is 11.5. The molecule has 1 aromatic heterocycles. The molecule has 2 rings (SSSR count). The van der Waals surface area contributed by atoms with Gasteiger partial charge in [-0.05, 0) is 10.4 Å². The van der Waals surface area contributed by atoms with Gasteiger partial charge in [-0.3, -0.25) is 19.7 Å². The molecule has 17 heavy (non-hydrogen) atoms. The second-order valence-electron chi connectivity index (χ2n) is 3.24. The first-order valence-corrected chi connectivity index (χ1v) is 5.42. The molecule has 0 spiro atoms. The molecule has 9 nitrogen and oxygen atoms in total. The lowest BCUT2D eigenvalue weighted by molar-refractivity contribution is -0.138. The van der Waals surface area contributed by atoms with E-state index in [1.165, 1.54) is 0 Å². The number of amides is 2. The van der Waals surface area contributed by atoms with Crippen LogP contribution in [-0.2, 0) is 20.9 Å². The highest BCUT2D eigenvalue weighted by Crippen LogP contribution is 2.25. The Morgan fingerprint density at radius 1 is 1.59 bits per heavy atom. The topological polar surface area (TPSA) is 127 Å². The average Bonchev–Trinajstić information content (AvgIpc) is 2.75. The van der Waals surface area contributed by atoms with E-state index in [-0.39, 0.29) is 17.5 Å². The molecule has 90 valence electrons. The van der Waals surface area contributed by atoms with Gasteiger partial charge in [0.1, 0.15) is 11.8 Å². The van der Waals surface area contributed by atoms with E-state index in [2.05, 4.69) is 20.8 Å². The summed E-state index contributed by atoms with van der Waals surface area (Å²) in [7, 11) is 0. The van der Waals surface area contributed by atoms with Crippen molar-refractivity contribution in [1.82, 2.24) is 25.5 Å². The third-order valence-electron chi connectivity index (χ3n) is 1.96. The van der Waals surface area contributed by atoms with Crippen LogP contribution in [0.2, 0.25) is 0 Å². The number of carboxylic acids is 1. The Morgan fingerprint density at radius 2 is 2.35 bits per heavy atom. The number of hydrogen-bond donors (Lipinski definition) is 2. The third-order valence-corrected chi connectivity index (χ3v) is 3.13. The van der Waals surface area contributed by atoms with Crippen molar-refractivity contribution in [3.05, 3.63) is 0 Å². The SMILES string of the molecule is O=C(O)Cn1nnnc1SC1CC(=O)NC1=O. The summed E-state index contributed by atoms with van der Waals surface area (Å²) in [4.78, 5) is 32.8. The maximum absolute atomic E-state index is 11.3. The largest absolute Gasteiger partial charge is 0.480 e. The molecule has 1 fully saturated rings. The lowest BCUT2D eigenvalue weighted by atomic mass is 10.4. The van der Waals surface area contributed by atoms with Gasteiger partial charge in [-0.15, -0.1) is 5.10 Å². The number of nitrogens with zero attached hydrogens (tertiary/aromatic N) is 4. The second-order valence-corrected chi connectivity index (χ2v) is 4.41. The van der Waals surface area contributed by atoms with Crippen LogP contribution in [-0.4, -0.2) is 48.3 Å². The van der Waals surface area contributed by atoms with E-state index in [1.54, 1.807) is 0 Å². The van der Waals surface area contributed by atoms with Gasteiger partial charge in [0.05, 0.1) is 0 Å². The van der Waals surface area contributed by atoms with Gasteiger partial charge in [-0.2, -0.15) is 0 Å². The molecule has 10 heteroatoms. The number of thioether (sulfide) groups is 1. The number of aromatic nitrogens is 4. The van der Waals surface area contributed by atoms with Gasteiger partial charge in [-0.25, -0.2) is 4.68 Å². The van der Waals surface area contributed by atoms with Gasteiger partial charge >= 0.3 is 5.97 Å². The first-order chi connectivity index (χ1) is 8.06. The minimum absolute atomic E-state index is 0.0451. The number of carbonyl (C=O) groups is 3. The molecule has 0 radical (unpaired) electrons. The summed E-state index contributed by atoms with van der Waals surface area (Å²) in [5, 5.41) is 20.7. The molecule has 0 saturated carbocycles. The zero-order chi connectivity index (χ0) is 12.4. The monoisotopic (exact) mass is 257 g/mol. The Hall–Kier alpha value is -1.97. The second kappa shape index (κ2) is 4.49. The van der Waals surface area contributed by atoms with Gasteiger partial charge < -0.3 is 5.11 Å². The molecule has 2 amide bonds. The fraction of sp³-hybridized carbons (Fsp3) is 0.429. The van der Waals surface area contributed by atoms with Crippen molar-refractivity contribution in [2.75, 3.05) is 0 Å². The van der Waals surface area contributed by atoms with Crippen molar-refractivity contribution < 1.29 is 19.5 Å². The number of nitrogens with one attached hydrogen (secondary N) is 1. The summed E-state index contributed by atoms with van der Waals surface area (Å²) in [6.07, 6.45) is 0.0451. The molecule has 0 aliphatic carbocycles. The minimum atomic E-state index is -1.09. The molecule has 1 unspecified atom stereocenters. The molecule has 0 bridgehead atoms. The Bertz CT molecular complexity index is 486. The van der Waals surface area contributed by atoms with Crippen LogP contribution in [0, 0.1) is 0 Å². The number of tetrazole rings is 1. The van der Waals surface area contributed by atoms with E-state index in [4.69, 9.17) is 5.11 Å². The zero-order valence-electron chi connectivity index (χ0n) is 8.36. The van der Waals surface area contributed by atoms with Gasteiger partial charge in [0, 0.05) is 6.42 Å². The third kappa shape index (κ3) is 2.58. The van der Waals surface area contributed by atoms with Crippen LogP contribution in [0.25, 0.3) is 0 Å². The Morgan fingerprint density at radius 3 is 2.94 bits per heavy atom. The molecule has 1 aromatic rings. The number of carboxylic acid groups (broad SMARTS) is 1. The minimum Gasteiger partial charge on any atom is -0.480 e. The van der Waals surface area contributed by atoms with E-state index in [0.29, 0.717) is 0 Å². The summed E-state index contributed by atoms with van der Waals surface area (Å²) in [5.41, 5.74) is 0. The molecular weight excluding hydrogens is 250 g/mol. The fourth-order valence-corrected chi connectivity index (χ4v) is 2.22. The maximum Gasteiger partial charge on any atom is 0.325 e. The average molecular weight is 257 g/mol. The van der Waals surface area contributed by atoms with Crippen LogP contribution in [0.3, 0.4) is 0 Å². The molecule has 2 N–H and O–H groups in total. The maximum atomic E-state index is 11.3. The zero-order valence-corrected chi connectivity index (χ0v) is 9.18. The highest BCUT2D eigenvalue weighted by Gasteiger charge is 2.33. The molecular formula is C7H7N5O4S. The molecule has 2 heterocycles. The van der Waals surface area contributed by atoms with E-state index in [0.717, 1.165) is 16.4 Å². The highest BCUT2D eigenvalue weighted by molar-refractivity contribution is 8.00. The molecule has 1 atom stereocenters. The lowest BCUT2D eigenvalue weighted by Crippen LogP contribution is -2.23. The molecule has 1 aliphatic heterocycles. The van der Waals surface area contributed by atoms with Gasteiger partial charge in [0.25, 0.3) is 0 Å². The summed E-state index contributed by atoms with van der Waals surface area (Å²) in [6, 6.07) is 0. The molecule has 1 saturated heterocycles. The fourth-order valence-electron chi connectivity index (χ4n) is 1.26. The number of carbonyl (C=O) groups excluding carboxylic acids is 2. The molecule has 1 aliphatic rings. The van der Waals surface area contributed by atoms with Gasteiger partial charge in [-0.1, -0.05) is 11.8 Å². The van der Waals surface area contributed by atoms with Crippen LogP contribution in [0.1, 0.15) is 6.42 Å². The summed E-state index contributed by atoms with van der Waals surface area (Å²) >= 11 is 0.969. The van der Waals surface area contributed by atoms with Crippen LogP contribution in [0.5, 0.6) is 0 Å². The Labute approximate surface area is 98.6 Å². The van der Waals surface area contributed by atoms with E-state index in [1.807, 2.05) is 0 Å². The lowest BCUT2D eigenvalue weighted by Gasteiger charge is -2.04. The summed E-state index contributed by atoms with van der Waals surface area (Å²) in [6.45, 7) is -0.391. The van der Waals surface area contributed by atoms with Crippen LogP contribution >= 0.6 is 11.8 Å². The van der Waals surface area contributed by atoms with Crippen LogP contribution < -0.4 is 5.32 Å². The highest BCUT2D eigenvalue weighted by atomic mass is 32.2. The predicted molar refractivity (Wildman–Crippen MR) is 52.9 cm³/mol. The summed E-state index contributed by atoms with van der Waals surface area (Å²) < 4.78 is 1.06. The number of imide groups is 1. The van der Waals surface area contributed by atoms with Crippen molar-refractivity contribution in [3.8, 4) is 0 Å². The first-order valence-electron chi connectivity index (χ1n) is 4.54. The van der Waals surface area contributed by atoms with Crippen molar-refractivity contribution >= 4 is 29.5 Å². The van der Waals surface area contributed by atoms with Gasteiger partial charge in [0.15, 0.2) is 0 Å². The van der Waals surface area contributed by atoms with Crippen molar-refractivity contribution in [3.63, 3.8) is 0 Å². The summed E-state index contributed by atoms with van der Waals surface area (Å²) in [5.74, 6) is -1.86. The van der Waals surface area contributed by atoms with E-state index in [9.17, 15) is 14.4 Å². The number of rotatable bonds is 4. The van der Waals surface area contributed by atoms with Crippen molar-refractivity contribution in [2.24, 2.45) is 0 Å². The standard InChI is InChI=1S/C7H7N5O4S/c13-4-1-3(6(16)8-4)17-7-9-10-11-12(7)2-5(14)15/h3H,1-2H2,(H,14,15)(H,8,13,16). The van der Waals surface area contributed by atoms with E-state index < -0.39 is 23.7 Å². The van der Waals surface area contributed by atoms with Crippen molar-refractivity contribution in [2.45, 2.75) is 23.4 Å². The Balaban J connectivity index is 2.08. The smallest absolute Gasteiger partial charge is 0.325 e. The predicted octanol–water partition coefficient (Wildman–Crippen LogP) is -1.74. The quantitative estimate of drug-likeness (QED) is 0.609. The normalized spacial score (nSPS) is 19.4. The van der Waals surface area contributed by atoms with Gasteiger partial charge in [0.2, 0.25) is 17.0 Å². The van der Waals surface area contributed by atoms with Crippen LogP contribution in [0.4, 0.5) is 0 Å². The number of aliphatic carboxylic acids is 1. The van der Waals surface area contributed by atoms with E-state index >= 15 is 0 Å². The van der Waals surface area contributed by atoms with Crippen molar-refractivity contribution in [1.29, 1.82) is 0 Å². The Kier molecular flexibility index (Phi) is 3.04. The number of hydrogen-bond acceptors (Lipinski definition) is 7. The molecule has 0 aromatic carbocycles.